The number of aliphatic hydroxyl groups is 2. The van der Waals surface area contributed by atoms with Gasteiger partial charge in [0.05, 0.1) is 22.8 Å². The number of rotatable bonds is 6. The summed E-state index contributed by atoms with van der Waals surface area (Å²) in [6.45, 7) is 8.73. The highest BCUT2D eigenvalue weighted by Gasteiger charge is 2.18. The van der Waals surface area contributed by atoms with Crippen LogP contribution in [0.25, 0.3) is 44.9 Å². The fourth-order valence-corrected chi connectivity index (χ4v) is 5.16. The monoisotopic (exact) mass is 482 g/mol. The summed E-state index contributed by atoms with van der Waals surface area (Å²) in [5.41, 5.74) is 14.8. The van der Waals surface area contributed by atoms with E-state index in [9.17, 15) is 10.2 Å². The largest absolute Gasteiger partial charge is 0.396 e. The van der Waals surface area contributed by atoms with Crippen LogP contribution in [0.1, 0.15) is 72.6 Å². The fourth-order valence-electron chi connectivity index (χ4n) is 5.16. The Morgan fingerprint density at radius 1 is 0.722 bits per heavy atom. The van der Waals surface area contributed by atoms with Crippen LogP contribution in [-0.4, -0.2) is 43.4 Å². The van der Waals surface area contributed by atoms with Crippen molar-refractivity contribution in [1.29, 1.82) is 0 Å². The van der Waals surface area contributed by atoms with Gasteiger partial charge in [-0.3, -0.25) is 0 Å². The number of aliphatic hydroxyl groups excluding tert-OH is 2. The van der Waals surface area contributed by atoms with Gasteiger partial charge in [-0.1, -0.05) is 0 Å². The van der Waals surface area contributed by atoms with Crippen LogP contribution in [0.3, 0.4) is 0 Å². The van der Waals surface area contributed by atoms with Gasteiger partial charge in [-0.15, -0.1) is 0 Å². The molecule has 8 bridgehead atoms. The third kappa shape index (κ3) is 4.54. The summed E-state index contributed by atoms with van der Waals surface area (Å²) in [5.74, 6) is 0. The fraction of sp³-hybridized carbons (Fsp3) is 0.333. The molecule has 0 aromatic carbocycles. The van der Waals surface area contributed by atoms with Crippen LogP contribution in [0, 0.1) is 13.8 Å². The molecule has 0 fully saturated rings. The summed E-state index contributed by atoms with van der Waals surface area (Å²) in [6, 6.07) is 10.6. The van der Waals surface area contributed by atoms with E-state index >= 15 is 0 Å². The van der Waals surface area contributed by atoms with Crippen LogP contribution in [-0.2, 0) is 6.42 Å². The Hall–Kier alpha value is -3.48. The molecule has 6 nitrogen and oxygen atoms in total. The zero-order valence-electron chi connectivity index (χ0n) is 21.5. The molecular weight excluding hydrogens is 448 g/mol. The quantitative estimate of drug-likeness (QED) is 0.340. The minimum atomic E-state index is 0.145. The standard InChI is InChI=1S/C30H34N4O2/c1-17-11-22-14-27-19(3)23(7-5-9-35)29(33-27)16-30-24(8-6-10-36)20(4)28(34-30)15-26-18(2)12-21(32-26)13-25(17)31-22/h11-16,31,33,35-36H,5-10H2,1-4H3. The third-order valence-corrected chi connectivity index (χ3v) is 7.25. The van der Waals surface area contributed by atoms with Crippen LogP contribution in [0.2, 0.25) is 0 Å². The third-order valence-electron chi connectivity index (χ3n) is 7.25. The van der Waals surface area contributed by atoms with E-state index < -0.39 is 0 Å². The lowest BCUT2D eigenvalue weighted by atomic mass is 10.0. The Morgan fingerprint density at radius 3 is 2.28 bits per heavy atom. The number of aromatic nitrogens is 4. The first kappa shape index (κ1) is 24.2. The number of aromatic amines is 2. The van der Waals surface area contributed by atoms with E-state index in [-0.39, 0.29) is 13.2 Å². The maximum Gasteiger partial charge on any atom is 0.0693 e. The molecule has 5 heterocycles. The van der Waals surface area contributed by atoms with Crippen LogP contribution in [0.15, 0.2) is 30.3 Å². The van der Waals surface area contributed by atoms with Gasteiger partial charge in [0.25, 0.3) is 0 Å². The summed E-state index contributed by atoms with van der Waals surface area (Å²) in [7, 11) is 0. The molecule has 0 amide bonds. The van der Waals surface area contributed by atoms with Crippen molar-refractivity contribution in [3.05, 3.63) is 69.8 Å². The van der Waals surface area contributed by atoms with Gasteiger partial charge < -0.3 is 20.2 Å². The normalized spacial score (nSPS) is 13.4. The first-order valence-electron chi connectivity index (χ1n) is 12.7. The van der Waals surface area contributed by atoms with E-state index in [4.69, 9.17) is 9.97 Å². The van der Waals surface area contributed by atoms with Gasteiger partial charge in [0, 0.05) is 35.3 Å². The first-order valence-corrected chi connectivity index (χ1v) is 12.7. The summed E-state index contributed by atoms with van der Waals surface area (Å²) >= 11 is 0. The highest BCUT2D eigenvalue weighted by Crippen LogP contribution is 2.35. The maximum atomic E-state index is 9.53. The van der Waals surface area contributed by atoms with Crippen molar-refractivity contribution in [3.63, 3.8) is 0 Å². The number of H-pyrrole nitrogens is 2. The highest BCUT2D eigenvalue weighted by atomic mass is 16.3. The topological polar surface area (TPSA) is 97.8 Å². The summed E-state index contributed by atoms with van der Waals surface area (Å²) in [5, 5.41) is 19.0. The maximum absolute atomic E-state index is 9.53. The molecule has 3 aromatic heterocycles. The Morgan fingerprint density at radius 2 is 1.50 bits per heavy atom. The van der Waals surface area contributed by atoms with Gasteiger partial charge in [0.1, 0.15) is 0 Å². The van der Waals surface area contributed by atoms with Gasteiger partial charge in [-0.25, -0.2) is 9.97 Å². The predicted molar refractivity (Wildman–Crippen MR) is 148 cm³/mol. The molecule has 0 saturated heterocycles. The lowest BCUT2D eigenvalue weighted by molar-refractivity contribution is 0.288. The van der Waals surface area contributed by atoms with E-state index in [1.54, 1.807) is 0 Å². The molecule has 0 saturated carbocycles. The Labute approximate surface area is 211 Å². The number of aryl methyl sites for hydroxylation is 3. The van der Waals surface area contributed by atoms with Gasteiger partial charge >= 0.3 is 0 Å². The molecule has 0 aliphatic carbocycles. The smallest absolute Gasteiger partial charge is 0.0693 e. The Balaban J connectivity index is 1.88. The Kier molecular flexibility index (Phi) is 6.65. The SMILES string of the molecule is CC1=Cc2cc3[nH]c(cc3C)cc3[nH]c(cc4nc(cc1n2)C(C)=C4CCCO)c(CCCO)c3C. The van der Waals surface area contributed by atoms with Gasteiger partial charge in [0.2, 0.25) is 0 Å². The van der Waals surface area contributed by atoms with Crippen molar-refractivity contribution in [2.75, 3.05) is 13.2 Å². The lowest BCUT2D eigenvalue weighted by Gasteiger charge is -2.03. The molecule has 36 heavy (non-hydrogen) atoms. The van der Waals surface area contributed by atoms with Crippen molar-refractivity contribution in [2.24, 2.45) is 0 Å². The molecule has 0 atom stereocenters. The zero-order chi connectivity index (χ0) is 25.4. The van der Waals surface area contributed by atoms with E-state index in [1.165, 1.54) is 16.7 Å². The van der Waals surface area contributed by atoms with Crippen molar-refractivity contribution in [1.82, 2.24) is 19.9 Å². The first-order chi connectivity index (χ1) is 17.4. The number of hydrogen-bond acceptors (Lipinski definition) is 4. The number of hydrogen-bond donors (Lipinski definition) is 4. The molecule has 2 aliphatic rings. The summed E-state index contributed by atoms with van der Waals surface area (Å²) in [4.78, 5) is 17.1. The molecule has 5 rings (SSSR count). The molecule has 4 N–H and O–H groups in total. The average molecular weight is 483 g/mol. The van der Waals surface area contributed by atoms with E-state index in [0.717, 1.165) is 74.4 Å². The van der Waals surface area contributed by atoms with Crippen molar-refractivity contribution >= 4 is 44.9 Å². The van der Waals surface area contributed by atoms with Crippen molar-refractivity contribution in [3.8, 4) is 0 Å². The summed E-state index contributed by atoms with van der Waals surface area (Å²) in [6.07, 6.45) is 5.04. The minimum absolute atomic E-state index is 0.145. The predicted octanol–water partition coefficient (Wildman–Crippen LogP) is 6.12. The second-order valence-corrected chi connectivity index (χ2v) is 9.84. The van der Waals surface area contributed by atoms with E-state index in [2.05, 4.69) is 74.1 Å². The lowest BCUT2D eigenvalue weighted by Crippen LogP contribution is -1.91. The van der Waals surface area contributed by atoms with Crippen LogP contribution < -0.4 is 0 Å². The number of allylic oxidation sites excluding steroid dienone is 3. The Bertz CT molecular complexity index is 1550. The second kappa shape index (κ2) is 9.88. The molecule has 3 aromatic rings. The molecular formula is C30H34N4O2. The highest BCUT2D eigenvalue weighted by molar-refractivity contribution is 5.93. The summed E-state index contributed by atoms with van der Waals surface area (Å²) < 4.78 is 0. The zero-order valence-corrected chi connectivity index (χ0v) is 21.5. The van der Waals surface area contributed by atoms with Crippen LogP contribution in [0.4, 0.5) is 0 Å². The van der Waals surface area contributed by atoms with Crippen molar-refractivity contribution < 1.29 is 10.2 Å². The minimum Gasteiger partial charge on any atom is -0.396 e. The van der Waals surface area contributed by atoms with Gasteiger partial charge in [-0.2, -0.15) is 0 Å². The van der Waals surface area contributed by atoms with E-state index in [1.807, 2.05) is 0 Å². The molecule has 2 aliphatic heterocycles. The molecule has 0 unspecified atom stereocenters. The van der Waals surface area contributed by atoms with Crippen LogP contribution >= 0.6 is 0 Å². The van der Waals surface area contributed by atoms with Gasteiger partial charge in [-0.05, 0) is 123 Å². The van der Waals surface area contributed by atoms with Crippen LogP contribution in [0.5, 0.6) is 0 Å². The molecule has 6 heteroatoms. The molecule has 0 spiro atoms. The molecule has 186 valence electrons. The number of fused-ring (bicyclic) bond motifs is 8. The second-order valence-electron chi connectivity index (χ2n) is 9.84. The molecule has 0 radical (unpaired) electrons. The average Bonchev–Trinajstić information content (AvgIpc) is 3.53. The van der Waals surface area contributed by atoms with Gasteiger partial charge in [0.15, 0.2) is 0 Å². The number of nitrogens with zero attached hydrogens (tertiary/aromatic N) is 2. The van der Waals surface area contributed by atoms with Crippen molar-refractivity contribution in [2.45, 2.75) is 53.4 Å². The number of nitrogens with one attached hydrogen (secondary N) is 2. The van der Waals surface area contributed by atoms with E-state index in [0.29, 0.717) is 12.8 Å².